The number of anilines is 2. The molecule has 1 N–H and O–H groups in total. The van der Waals surface area contributed by atoms with Crippen molar-refractivity contribution in [3.05, 3.63) is 75.4 Å². The van der Waals surface area contributed by atoms with Crippen LogP contribution in [-0.4, -0.2) is 35.3 Å². The molecule has 2 aromatic carbocycles. The van der Waals surface area contributed by atoms with E-state index >= 15 is 0 Å². The molecular formula is C24H24N4O2S2. The zero-order valence-corrected chi connectivity index (χ0v) is 20.0. The van der Waals surface area contributed by atoms with Gasteiger partial charge in [-0.2, -0.15) is 0 Å². The van der Waals surface area contributed by atoms with E-state index in [9.17, 15) is 9.59 Å². The van der Waals surface area contributed by atoms with Gasteiger partial charge in [0.15, 0.2) is 5.16 Å². The number of carbonyl (C=O) groups excluding carboxylic acids is 1. The van der Waals surface area contributed by atoms with Crippen LogP contribution in [0.15, 0.2) is 63.9 Å². The number of thiophene rings is 1. The molecule has 32 heavy (non-hydrogen) atoms. The van der Waals surface area contributed by atoms with Crippen LogP contribution in [0.2, 0.25) is 0 Å². The van der Waals surface area contributed by atoms with Gasteiger partial charge in [-0.15, -0.1) is 11.3 Å². The minimum atomic E-state index is -0.153. The number of aryl methyl sites for hydroxylation is 2. The number of nitrogens with one attached hydrogen (secondary N) is 1. The van der Waals surface area contributed by atoms with Gasteiger partial charge in [0.05, 0.1) is 17.0 Å². The summed E-state index contributed by atoms with van der Waals surface area (Å²) in [7, 11) is 3.94. The second-order valence-corrected chi connectivity index (χ2v) is 9.65. The Labute approximate surface area is 194 Å². The third-order valence-corrected chi connectivity index (χ3v) is 6.74. The number of amides is 1. The Kier molecular flexibility index (Phi) is 6.34. The molecular weight excluding hydrogens is 440 g/mol. The number of hydrogen-bond donors (Lipinski definition) is 1. The maximum absolute atomic E-state index is 13.3. The second-order valence-electron chi connectivity index (χ2n) is 7.79. The molecule has 0 fully saturated rings. The van der Waals surface area contributed by atoms with E-state index in [0.29, 0.717) is 15.4 Å². The number of carbonyl (C=O) groups is 1. The number of fused-ring (bicyclic) bond motifs is 1. The lowest BCUT2D eigenvalue weighted by atomic mass is 10.1. The first kappa shape index (κ1) is 22.1. The standard InChI is InChI=1S/C24H24N4O2S2/c1-15-11-16(2)13-19(12-15)28-23(30)22-20(9-10-31-22)26-24(28)32-14-21(29)25-17-5-7-18(8-6-17)27(3)4/h5-13H,14H2,1-4H3,(H,25,29). The van der Waals surface area contributed by atoms with Gasteiger partial charge in [0, 0.05) is 25.5 Å². The summed E-state index contributed by atoms with van der Waals surface area (Å²) in [6, 6.07) is 15.5. The summed E-state index contributed by atoms with van der Waals surface area (Å²) >= 11 is 2.64. The summed E-state index contributed by atoms with van der Waals surface area (Å²) in [5, 5.41) is 5.28. The second kappa shape index (κ2) is 9.18. The van der Waals surface area contributed by atoms with E-state index in [0.717, 1.165) is 28.2 Å². The van der Waals surface area contributed by atoms with Crippen molar-refractivity contribution in [2.45, 2.75) is 19.0 Å². The lowest BCUT2D eigenvalue weighted by Gasteiger charge is -2.14. The van der Waals surface area contributed by atoms with Crippen LogP contribution in [-0.2, 0) is 4.79 Å². The Morgan fingerprint density at radius 1 is 1.09 bits per heavy atom. The van der Waals surface area contributed by atoms with Crippen molar-refractivity contribution in [2.75, 3.05) is 30.1 Å². The lowest BCUT2D eigenvalue weighted by Crippen LogP contribution is -2.22. The maximum Gasteiger partial charge on any atom is 0.276 e. The Bertz CT molecular complexity index is 1320. The van der Waals surface area contributed by atoms with Crippen LogP contribution in [0, 0.1) is 13.8 Å². The van der Waals surface area contributed by atoms with Gasteiger partial charge in [0.25, 0.3) is 5.56 Å². The molecule has 4 rings (SSSR count). The first-order valence-corrected chi connectivity index (χ1v) is 12.0. The van der Waals surface area contributed by atoms with E-state index in [-0.39, 0.29) is 17.2 Å². The SMILES string of the molecule is Cc1cc(C)cc(-n2c(SCC(=O)Nc3ccc(N(C)C)cc3)nc3ccsc3c2=O)c1. The summed E-state index contributed by atoms with van der Waals surface area (Å²) in [5.41, 5.74) is 5.22. The number of hydrogen-bond acceptors (Lipinski definition) is 6. The molecule has 0 radical (unpaired) electrons. The van der Waals surface area contributed by atoms with Gasteiger partial charge in [-0.25, -0.2) is 4.98 Å². The van der Waals surface area contributed by atoms with E-state index in [1.807, 2.05) is 80.7 Å². The fourth-order valence-electron chi connectivity index (χ4n) is 3.47. The van der Waals surface area contributed by atoms with E-state index in [1.54, 1.807) is 4.57 Å². The molecule has 2 aromatic heterocycles. The van der Waals surface area contributed by atoms with Crippen LogP contribution in [0.25, 0.3) is 15.9 Å². The maximum atomic E-state index is 13.3. The molecule has 0 bridgehead atoms. The molecule has 0 saturated heterocycles. The van der Waals surface area contributed by atoms with Gasteiger partial charge >= 0.3 is 0 Å². The van der Waals surface area contributed by atoms with Gasteiger partial charge in [0.1, 0.15) is 4.70 Å². The molecule has 4 aromatic rings. The summed E-state index contributed by atoms with van der Waals surface area (Å²) in [4.78, 5) is 32.6. The molecule has 0 aliphatic heterocycles. The number of thioether (sulfide) groups is 1. The van der Waals surface area contributed by atoms with Crippen molar-refractivity contribution in [3.8, 4) is 5.69 Å². The predicted molar refractivity (Wildman–Crippen MR) is 135 cm³/mol. The molecule has 0 unspecified atom stereocenters. The van der Waals surface area contributed by atoms with Crippen LogP contribution in [0.5, 0.6) is 0 Å². The average molecular weight is 465 g/mol. The monoisotopic (exact) mass is 464 g/mol. The van der Waals surface area contributed by atoms with Crippen molar-refractivity contribution in [3.63, 3.8) is 0 Å². The summed E-state index contributed by atoms with van der Waals surface area (Å²) in [6.07, 6.45) is 0. The van der Waals surface area contributed by atoms with Gasteiger partial charge in [-0.1, -0.05) is 17.8 Å². The topological polar surface area (TPSA) is 67.2 Å². The number of benzene rings is 2. The largest absolute Gasteiger partial charge is 0.378 e. The fraction of sp³-hybridized carbons (Fsp3) is 0.208. The molecule has 6 nitrogen and oxygen atoms in total. The van der Waals surface area contributed by atoms with Crippen molar-refractivity contribution in [2.24, 2.45) is 0 Å². The molecule has 1 amide bonds. The molecule has 2 heterocycles. The van der Waals surface area contributed by atoms with E-state index in [2.05, 4.69) is 11.4 Å². The van der Waals surface area contributed by atoms with Gasteiger partial charge < -0.3 is 10.2 Å². The summed E-state index contributed by atoms with van der Waals surface area (Å²) in [5.74, 6) is -0.0123. The van der Waals surface area contributed by atoms with Crippen LogP contribution < -0.4 is 15.8 Å². The van der Waals surface area contributed by atoms with Gasteiger partial charge in [-0.3, -0.25) is 14.2 Å². The van der Waals surface area contributed by atoms with E-state index in [4.69, 9.17) is 4.98 Å². The van der Waals surface area contributed by atoms with Crippen molar-refractivity contribution in [1.29, 1.82) is 0 Å². The Morgan fingerprint density at radius 3 is 2.44 bits per heavy atom. The average Bonchev–Trinajstić information content (AvgIpc) is 3.21. The number of aromatic nitrogens is 2. The van der Waals surface area contributed by atoms with Crippen LogP contribution in [0.1, 0.15) is 11.1 Å². The number of rotatable bonds is 6. The molecule has 0 aliphatic rings. The number of nitrogens with zero attached hydrogens (tertiary/aromatic N) is 3. The highest BCUT2D eigenvalue weighted by Gasteiger charge is 2.16. The molecule has 0 spiro atoms. The molecule has 0 aliphatic carbocycles. The molecule has 0 atom stereocenters. The fourth-order valence-corrected chi connectivity index (χ4v) is 5.04. The Hall–Kier alpha value is -3.10. The highest BCUT2D eigenvalue weighted by Crippen LogP contribution is 2.25. The third kappa shape index (κ3) is 4.71. The normalized spacial score (nSPS) is 11.0. The Morgan fingerprint density at radius 2 is 1.78 bits per heavy atom. The van der Waals surface area contributed by atoms with Crippen LogP contribution in [0.4, 0.5) is 11.4 Å². The van der Waals surface area contributed by atoms with E-state index in [1.165, 1.54) is 23.1 Å². The van der Waals surface area contributed by atoms with Crippen molar-refractivity contribution >= 4 is 50.6 Å². The van der Waals surface area contributed by atoms with E-state index < -0.39 is 0 Å². The molecule has 8 heteroatoms. The molecule has 0 saturated carbocycles. The zero-order chi connectivity index (χ0) is 22.8. The van der Waals surface area contributed by atoms with Crippen LogP contribution >= 0.6 is 23.1 Å². The lowest BCUT2D eigenvalue weighted by molar-refractivity contribution is -0.113. The molecule has 164 valence electrons. The smallest absolute Gasteiger partial charge is 0.276 e. The van der Waals surface area contributed by atoms with Crippen LogP contribution in [0.3, 0.4) is 0 Å². The first-order valence-electron chi connectivity index (χ1n) is 10.1. The third-order valence-electron chi connectivity index (χ3n) is 4.91. The highest BCUT2D eigenvalue weighted by atomic mass is 32.2. The Balaban J connectivity index is 1.61. The van der Waals surface area contributed by atoms with Gasteiger partial charge in [0.2, 0.25) is 5.91 Å². The minimum absolute atomic E-state index is 0.114. The first-order chi connectivity index (χ1) is 15.3. The van der Waals surface area contributed by atoms with Crippen molar-refractivity contribution < 1.29 is 4.79 Å². The zero-order valence-electron chi connectivity index (χ0n) is 18.4. The van der Waals surface area contributed by atoms with Gasteiger partial charge in [-0.05, 0) is 72.8 Å². The predicted octanol–water partition coefficient (Wildman–Crippen LogP) is 4.86. The van der Waals surface area contributed by atoms with Crippen molar-refractivity contribution in [1.82, 2.24) is 9.55 Å². The minimum Gasteiger partial charge on any atom is -0.378 e. The highest BCUT2D eigenvalue weighted by molar-refractivity contribution is 7.99. The summed E-state index contributed by atoms with van der Waals surface area (Å²) < 4.78 is 2.22. The quantitative estimate of drug-likeness (QED) is 0.326. The summed E-state index contributed by atoms with van der Waals surface area (Å²) in [6.45, 7) is 4.00.